The van der Waals surface area contributed by atoms with Gasteiger partial charge in [0.15, 0.2) is 0 Å². The Morgan fingerprint density at radius 2 is 1.71 bits per heavy atom. The van der Waals surface area contributed by atoms with E-state index >= 15 is 0 Å². The van der Waals surface area contributed by atoms with Crippen LogP contribution in [0.4, 0.5) is 0 Å². The lowest BCUT2D eigenvalue weighted by Crippen LogP contribution is -2.29. The number of hydrogen-bond donors (Lipinski definition) is 1. The quantitative estimate of drug-likeness (QED) is 0.422. The maximum atomic E-state index is 12.9. The predicted molar refractivity (Wildman–Crippen MR) is 104 cm³/mol. The molecule has 0 radical (unpaired) electrons. The number of aliphatic hydroxyl groups excluding tert-OH is 1. The molecule has 140 valence electrons. The fourth-order valence-corrected chi connectivity index (χ4v) is 3.46. The third-order valence-electron chi connectivity index (χ3n) is 4.89. The Morgan fingerprint density at radius 3 is 2.36 bits per heavy atom. The summed E-state index contributed by atoms with van der Waals surface area (Å²) in [5.41, 5.74) is 2.38. The number of hydrogen-bond acceptors (Lipinski definition) is 4. The molecule has 28 heavy (non-hydrogen) atoms. The summed E-state index contributed by atoms with van der Waals surface area (Å²) in [6.07, 6.45) is 1.52. The maximum Gasteiger partial charge on any atom is 0.296 e. The molecule has 1 saturated heterocycles. The third kappa shape index (κ3) is 3.11. The highest BCUT2D eigenvalue weighted by Gasteiger charge is 2.46. The van der Waals surface area contributed by atoms with Crippen molar-refractivity contribution in [3.05, 3.63) is 101 Å². The van der Waals surface area contributed by atoms with E-state index in [-0.39, 0.29) is 17.9 Å². The molecule has 1 amide bonds. The Labute approximate surface area is 162 Å². The van der Waals surface area contributed by atoms with Gasteiger partial charge >= 0.3 is 0 Å². The number of ketones is 1. The second-order valence-corrected chi connectivity index (χ2v) is 6.78. The van der Waals surface area contributed by atoms with Crippen molar-refractivity contribution in [2.24, 2.45) is 0 Å². The molecule has 0 bridgehead atoms. The molecular formula is C23H19NO4. The number of carbonyl (C=O) groups excluding carboxylic acids is 2. The molecule has 5 heteroatoms. The smallest absolute Gasteiger partial charge is 0.296 e. The first kappa shape index (κ1) is 17.8. The number of rotatable bonds is 4. The van der Waals surface area contributed by atoms with Crippen molar-refractivity contribution in [3.8, 4) is 0 Å². The van der Waals surface area contributed by atoms with Crippen molar-refractivity contribution in [3.63, 3.8) is 0 Å². The van der Waals surface area contributed by atoms with Gasteiger partial charge in [-0.05, 0) is 24.6 Å². The number of benzene rings is 2. The van der Waals surface area contributed by atoms with Crippen LogP contribution in [0.1, 0.15) is 28.5 Å². The van der Waals surface area contributed by atoms with E-state index in [1.807, 2.05) is 49.4 Å². The van der Waals surface area contributed by atoms with Crippen LogP contribution in [0.25, 0.3) is 5.76 Å². The molecule has 5 nitrogen and oxygen atoms in total. The summed E-state index contributed by atoms with van der Waals surface area (Å²) in [5, 5.41) is 10.9. The number of aryl methyl sites for hydroxylation is 1. The topological polar surface area (TPSA) is 70.8 Å². The molecule has 0 spiro atoms. The molecule has 1 aliphatic heterocycles. The first-order valence-electron chi connectivity index (χ1n) is 8.99. The van der Waals surface area contributed by atoms with Crippen molar-refractivity contribution in [2.45, 2.75) is 19.5 Å². The fourth-order valence-electron chi connectivity index (χ4n) is 3.46. The molecule has 0 unspecified atom stereocenters. The Balaban J connectivity index is 1.85. The summed E-state index contributed by atoms with van der Waals surface area (Å²) in [5.74, 6) is -0.954. The molecule has 0 saturated carbocycles. The fraction of sp³-hybridized carbons (Fsp3) is 0.130. The minimum Gasteiger partial charge on any atom is -0.507 e. The molecule has 1 aromatic heterocycles. The summed E-state index contributed by atoms with van der Waals surface area (Å²) in [6, 6.07) is 19.2. The van der Waals surface area contributed by atoms with E-state index in [9.17, 15) is 14.7 Å². The van der Waals surface area contributed by atoms with Crippen LogP contribution in [-0.2, 0) is 16.1 Å². The lowest BCUT2D eigenvalue weighted by molar-refractivity contribution is -0.140. The van der Waals surface area contributed by atoms with Gasteiger partial charge in [-0.3, -0.25) is 9.59 Å². The largest absolute Gasteiger partial charge is 0.507 e. The summed E-state index contributed by atoms with van der Waals surface area (Å²) >= 11 is 0. The second-order valence-electron chi connectivity index (χ2n) is 6.78. The first-order chi connectivity index (χ1) is 13.6. The molecule has 2 aromatic carbocycles. The zero-order valence-corrected chi connectivity index (χ0v) is 15.3. The number of nitrogens with zero attached hydrogens (tertiary/aromatic N) is 1. The Bertz CT molecular complexity index is 1030. The molecule has 2 heterocycles. The van der Waals surface area contributed by atoms with Gasteiger partial charge in [0.1, 0.15) is 11.5 Å². The van der Waals surface area contributed by atoms with E-state index in [1.165, 1.54) is 11.2 Å². The number of furan rings is 1. The number of aliphatic hydroxyl groups is 1. The van der Waals surface area contributed by atoms with E-state index in [0.29, 0.717) is 11.3 Å². The highest BCUT2D eigenvalue weighted by atomic mass is 16.3. The molecule has 0 aliphatic carbocycles. The molecule has 3 aromatic rings. The number of carbonyl (C=O) groups is 2. The van der Waals surface area contributed by atoms with E-state index in [0.717, 1.165) is 11.1 Å². The maximum absolute atomic E-state index is 12.9. The number of amides is 1. The SMILES string of the molecule is Cc1ccc(C(O)=C2C(=O)C(=O)N(Cc3ccco3)[C@H]2c2ccccc2)cc1. The summed E-state index contributed by atoms with van der Waals surface area (Å²) in [4.78, 5) is 27.1. The highest BCUT2D eigenvalue weighted by molar-refractivity contribution is 6.46. The van der Waals surface area contributed by atoms with Crippen LogP contribution in [0, 0.1) is 6.92 Å². The lowest BCUT2D eigenvalue weighted by atomic mass is 9.95. The number of Topliss-reactive ketones (excluding diaryl/α,β-unsaturated/α-hetero) is 1. The van der Waals surface area contributed by atoms with Crippen molar-refractivity contribution >= 4 is 17.4 Å². The van der Waals surface area contributed by atoms with E-state index < -0.39 is 17.7 Å². The zero-order chi connectivity index (χ0) is 19.7. The van der Waals surface area contributed by atoms with Crippen LogP contribution in [-0.4, -0.2) is 21.7 Å². The summed E-state index contributed by atoms with van der Waals surface area (Å²) in [7, 11) is 0. The molecule has 1 fully saturated rings. The van der Waals surface area contributed by atoms with Crippen molar-refractivity contribution < 1.29 is 19.1 Å². The van der Waals surface area contributed by atoms with Gasteiger partial charge in [0, 0.05) is 5.56 Å². The van der Waals surface area contributed by atoms with Crippen molar-refractivity contribution in [2.75, 3.05) is 0 Å². The summed E-state index contributed by atoms with van der Waals surface area (Å²) < 4.78 is 5.37. The molecule has 1 aliphatic rings. The van der Waals surface area contributed by atoms with Gasteiger partial charge in [-0.25, -0.2) is 0 Å². The van der Waals surface area contributed by atoms with E-state index in [1.54, 1.807) is 24.3 Å². The van der Waals surface area contributed by atoms with Crippen LogP contribution in [0.15, 0.2) is 83.0 Å². The summed E-state index contributed by atoms with van der Waals surface area (Å²) in [6.45, 7) is 2.08. The van der Waals surface area contributed by atoms with Crippen molar-refractivity contribution in [1.29, 1.82) is 0 Å². The lowest BCUT2D eigenvalue weighted by Gasteiger charge is -2.24. The molecular weight excluding hydrogens is 354 g/mol. The van der Waals surface area contributed by atoms with Crippen LogP contribution < -0.4 is 0 Å². The van der Waals surface area contributed by atoms with Gasteiger partial charge < -0.3 is 14.4 Å². The second kappa shape index (κ2) is 7.19. The third-order valence-corrected chi connectivity index (χ3v) is 4.89. The minimum atomic E-state index is -0.696. The Kier molecular flexibility index (Phi) is 4.57. The zero-order valence-electron chi connectivity index (χ0n) is 15.3. The number of likely N-dealkylation sites (tertiary alicyclic amines) is 1. The Morgan fingerprint density at radius 1 is 1.00 bits per heavy atom. The average molecular weight is 373 g/mol. The normalized spacial score (nSPS) is 18.6. The first-order valence-corrected chi connectivity index (χ1v) is 8.99. The van der Waals surface area contributed by atoms with Crippen LogP contribution in [0.2, 0.25) is 0 Å². The van der Waals surface area contributed by atoms with E-state index in [4.69, 9.17) is 4.42 Å². The Hall–Kier alpha value is -3.60. The van der Waals surface area contributed by atoms with Crippen LogP contribution in [0.5, 0.6) is 0 Å². The van der Waals surface area contributed by atoms with Gasteiger partial charge in [-0.1, -0.05) is 60.2 Å². The van der Waals surface area contributed by atoms with Crippen LogP contribution in [0.3, 0.4) is 0 Å². The minimum absolute atomic E-state index is 0.0895. The molecule has 1 atom stereocenters. The predicted octanol–water partition coefficient (Wildman–Crippen LogP) is 4.21. The van der Waals surface area contributed by atoms with Crippen LogP contribution >= 0.6 is 0 Å². The van der Waals surface area contributed by atoms with Gasteiger partial charge in [-0.15, -0.1) is 0 Å². The van der Waals surface area contributed by atoms with Crippen molar-refractivity contribution in [1.82, 2.24) is 4.90 Å². The highest BCUT2D eigenvalue weighted by Crippen LogP contribution is 2.40. The van der Waals surface area contributed by atoms with Gasteiger partial charge in [0.25, 0.3) is 11.7 Å². The molecule has 1 N–H and O–H groups in total. The molecule has 4 rings (SSSR count). The standard InChI is InChI=1S/C23H19NO4/c1-15-9-11-17(12-10-15)21(25)19-20(16-6-3-2-4-7-16)24(23(27)22(19)26)14-18-8-5-13-28-18/h2-13,20,25H,14H2,1H3/t20-/m0/s1. The van der Waals surface area contributed by atoms with Gasteiger partial charge in [0.05, 0.1) is 24.4 Å². The monoisotopic (exact) mass is 373 g/mol. The van der Waals surface area contributed by atoms with E-state index in [2.05, 4.69) is 0 Å². The average Bonchev–Trinajstić information content (AvgIpc) is 3.31. The van der Waals surface area contributed by atoms with Gasteiger partial charge in [0.2, 0.25) is 0 Å². The van der Waals surface area contributed by atoms with Gasteiger partial charge in [-0.2, -0.15) is 0 Å².